The number of aryl methyl sites for hydroxylation is 1. The van der Waals surface area contributed by atoms with Gasteiger partial charge in [-0.3, -0.25) is 4.90 Å². The summed E-state index contributed by atoms with van der Waals surface area (Å²) in [6.07, 6.45) is 1.89. The number of methoxy groups -OCH3 is 1. The minimum atomic E-state index is -0.472. The van der Waals surface area contributed by atoms with E-state index >= 15 is 0 Å². The van der Waals surface area contributed by atoms with E-state index in [4.69, 9.17) is 4.74 Å². The lowest BCUT2D eigenvalue weighted by atomic mass is 10.0. The summed E-state index contributed by atoms with van der Waals surface area (Å²) in [4.78, 5) is 26.2. The van der Waals surface area contributed by atoms with E-state index < -0.39 is 5.97 Å². The van der Waals surface area contributed by atoms with Crippen molar-refractivity contribution >= 4 is 23.4 Å². The second-order valence-corrected chi connectivity index (χ2v) is 5.35. The van der Waals surface area contributed by atoms with Gasteiger partial charge in [0.1, 0.15) is 0 Å². The number of rotatable bonds is 2. The van der Waals surface area contributed by atoms with Crippen LogP contribution in [-0.2, 0) is 11.2 Å². The molecule has 1 heterocycles. The normalized spacial score (nSPS) is 13.2. The monoisotopic (exact) mass is 310 g/mol. The number of carbonyl (C=O) groups is 2. The molecule has 2 aromatic carbocycles. The van der Waals surface area contributed by atoms with Crippen molar-refractivity contribution < 1.29 is 14.3 Å². The van der Waals surface area contributed by atoms with Gasteiger partial charge in [-0.1, -0.05) is 30.3 Å². The van der Waals surface area contributed by atoms with Crippen LogP contribution in [0, 0.1) is 0 Å². The molecule has 0 saturated carbocycles. The lowest BCUT2D eigenvalue weighted by Crippen LogP contribution is -2.39. The number of carbonyl (C=O) groups excluding carboxylic acids is 2. The van der Waals surface area contributed by atoms with Gasteiger partial charge in [-0.15, -0.1) is 0 Å². The third-order valence-electron chi connectivity index (χ3n) is 3.93. The summed E-state index contributed by atoms with van der Waals surface area (Å²) in [5.74, 6) is -0.472. The maximum atomic E-state index is 12.7. The molecule has 0 saturated heterocycles. The number of fused-ring (bicyclic) bond motifs is 1. The lowest BCUT2D eigenvalue weighted by Gasteiger charge is -2.29. The van der Waals surface area contributed by atoms with Crippen molar-refractivity contribution in [1.82, 2.24) is 0 Å². The number of hydrogen-bond donors (Lipinski definition) is 1. The third-order valence-corrected chi connectivity index (χ3v) is 3.93. The number of esters is 1. The summed E-state index contributed by atoms with van der Waals surface area (Å²) in [5.41, 5.74) is 2.88. The number of urea groups is 1. The van der Waals surface area contributed by atoms with Crippen molar-refractivity contribution in [3.05, 3.63) is 59.7 Å². The molecule has 0 aliphatic carbocycles. The molecule has 0 aromatic heterocycles. The Labute approximate surface area is 134 Å². The summed E-state index contributed by atoms with van der Waals surface area (Å²) in [6, 6.07) is 14.5. The zero-order chi connectivity index (χ0) is 16.2. The first-order chi connectivity index (χ1) is 11.2. The van der Waals surface area contributed by atoms with E-state index in [0.717, 1.165) is 24.1 Å². The fraction of sp³-hybridized carbons (Fsp3) is 0.222. The Hall–Kier alpha value is -2.82. The van der Waals surface area contributed by atoms with Gasteiger partial charge in [-0.05, 0) is 36.6 Å². The lowest BCUT2D eigenvalue weighted by molar-refractivity contribution is 0.0602. The molecule has 1 aliphatic rings. The number of amides is 2. The number of anilines is 2. The van der Waals surface area contributed by atoms with Crippen LogP contribution in [0.3, 0.4) is 0 Å². The van der Waals surface area contributed by atoms with Crippen LogP contribution in [0.1, 0.15) is 22.3 Å². The largest absolute Gasteiger partial charge is 0.465 e. The summed E-state index contributed by atoms with van der Waals surface area (Å²) < 4.78 is 4.76. The summed E-state index contributed by atoms with van der Waals surface area (Å²) >= 11 is 0. The standard InChI is InChI=1S/C18H18N2O3/c1-23-17(21)14-9-3-4-10-15(14)19-18(22)20-12-6-8-13-7-2-5-11-16(13)20/h2-5,7,9-11H,6,8,12H2,1H3,(H,19,22). The average Bonchev–Trinajstić information content (AvgIpc) is 2.61. The van der Waals surface area contributed by atoms with Gasteiger partial charge in [-0.25, -0.2) is 9.59 Å². The van der Waals surface area contributed by atoms with Crippen LogP contribution >= 0.6 is 0 Å². The number of nitrogens with one attached hydrogen (secondary N) is 1. The van der Waals surface area contributed by atoms with E-state index in [0.29, 0.717) is 17.8 Å². The molecule has 2 amide bonds. The van der Waals surface area contributed by atoms with Crippen molar-refractivity contribution in [3.8, 4) is 0 Å². The average molecular weight is 310 g/mol. The van der Waals surface area contributed by atoms with Gasteiger partial charge in [0, 0.05) is 12.2 Å². The van der Waals surface area contributed by atoms with Crippen molar-refractivity contribution in [2.45, 2.75) is 12.8 Å². The smallest absolute Gasteiger partial charge is 0.339 e. The van der Waals surface area contributed by atoms with Gasteiger partial charge in [0.25, 0.3) is 0 Å². The summed E-state index contributed by atoms with van der Waals surface area (Å²) in [5, 5.41) is 2.82. The molecule has 0 radical (unpaired) electrons. The maximum Gasteiger partial charge on any atom is 0.339 e. The van der Waals surface area contributed by atoms with Crippen LogP contribution in [0.5, 0.6) is 0 Å². The van der Waals surface area contributed by atoms with E-state index in [9.17, 15) is 9.59 Å². The zero-order valence-corrected chi connectivity index (χ0v) is 12.9. The highest BCUT2D eigenvalue weighted by Crippen LogP contribution is 2.27. The fourth-order valence-electron chi connectivity index (χ4n) is 2.81. The first-order valence-corrected chi connectivity index (χ1v) is 7.54. The molecule has 1 N–H and O–H groups in total. The van der Waals surface area contributed by atoms with Gasteiger partial charge >= 0.3 is 12.0 Å². The molecule has 23 heavy (non-hydrogen) atoms. The van der Waals surface area contributed by atoms with Gasteiger partial charge in [0.05, 0.1) is 18.4 Å². The van der Waals surface area contributed by atoms with E-state index in [1.807, 2.05) is 24.3 Å². The quantitative estimate of drug-likeness (QED) is 0.864. The predicted octanol–water partition coefficient (Wildman–Crippen LogP) is 3.46. The Kier molecular flexibility index (Phi) is 4.28. The molecular formula is C18H18N2O3. The van der Waals surface area contributed by atoms with E-state index in [1.54, 1.807) is 29.2 Å². The number of para-hydroxylation sites is 2. The second kappa shape index (κ2) is 6.52. The highest BCUT2D eigenvalue weighted by Gasteiger charge is 2.23. The van der Waals surface area contributed by atoms with Crippen molar-refractivity contribution in [2.24, 2.45) is 0 Å². The molecule has 0 bridgehead atoms. The molecule has 5 nitrogen and oxygen atoms in total. The number of hydrogen-bond acceptors (Lipinski definition) is 3. The van der Waals surface area contributed by atoms with Crippen molar-refractivity contribution in [3.63, 3.8) is 0 Å². The molecule has 0 fully saturated rings. The molecule has 118 valence electrons. The van der Waals surface area contributed by atoms with Crippen LogP contribution in [0.4, 0.5) is 16.2 Å². The number of ether oxygens (including phenoxy) is 1. The van der Waals surface area contributed by atoms with Crippen molar-refractivity contribution in [1.29, 1.82) is 0 Å². The first kappa shape index (κ1) is 15.1. The summed E-state index contributed by atoms with van der Waals surface area (Å²) in [7, 11) is 1.32. The molecule has 0 spiro atoms. The minimum absolute atomic E-state index is 0.242. The van der Waals surface area contributed by atoms with E-state index in [1.165, 1.54) is 7.11 Å². The molecule has 2 aromatic rings. The molecule has 0 atom stereocenters. The Morgan fingerprint density at radius 1 is 1.09 bits per heavy atom. The molecular weight excluding hydrogens is 292 g/mol. The van der Waals surface area contributed by atoms with Crippen LogP contribution in [0.15, 0.2) is 48.5 Å². The van der Waals surface area contributed by atoms with Gasteiger partial charge in [-0.2, -0.15) is 0 Å². The predicted molar refractivity (Wildman–Crippen MR) is 88.9 cm³/mol. The Balaban J connectivity index is 1.85. The van der Waals surface area contributed by atoms with E-state index in [-0.39, 0.29) is 6.03 Å². The fourth-order valence-corrected chi connectivity index (χ4v) is 2.81. The van der Waals surface area contributed by atoms with Crippen LogP contribution < -0.4 is 10.2 Å². The van der Waals surface area contributed by atoms with E-state index in [2.05, 4.69) is 5.32 Å². The van der Waals surface area contributed by atoms with Crippen molar-refractivity contribution in [2.75, 3.05) is 23.9 Å². The highest BCUT2D eigenvalue weighted by atomic mass is 16.5. The Morgan fingerprint density at radius 2 is 1.83 bits per heavy atom. The van der Waals surface area contributed by atoms with Gasteiger partial charge < -0.3 is 10.1 Å². The number of benzene rings is 2. The molecule has 1 aliphatic heterocycles. The minimum Gasteiger partial charge on any atom is -0.465 e. The molecule has 5 heteroatoms. The van der Waals surface area contributed by atoms with Crippen LogP contribution in [-0.4, -0.2) is 25.7 Å². The first-order valence-electron chi connectivity index (χ1n) is 7.54. The topological polar surface area (TPSA) is 58.6 Å². The molecule has 3 rings (SSSR count). The number of nitrogens with zero attached hydrogens (tertiary/aromatic N) is 1. The van der Waals surface area contributed by atoms with Crippen LogP contribution in [0.25, 0.3) is 0 Å². The second-order valence-electron chi connectivity index (χ2n) is 5.35. The zero-order valence-electron chi connectivity index (χ0n) is 12.9. The Morgan fingerprint density at radius 3 is 2.65 bits per heavy atom. The van der Waals surface area contributed by atoms with Crippen LogP contribution in [0.2, 0.25) is 0 Å². The third kappa shape index (κ3) is 3.04. The Bertz CT molecular complexity index is 743. The summed E-state index contributed by atoms with van der Waals surface area (Å²) in [6.45, 7) is 0.656. The molecule has 0 unspecified atom stereocenters. The SMILES string of the molecule is COC(=O)c1ccccc1NC(=O)N1CCCc2ccccc21. The van der Waals surface area contributed by atoms with Gasteiger partial charge in [0.2, 0.25) is 0 Å². The maximum absolute atomic E-state index is 12.7. The van der Waals surface area contributed by atoms with Gasteiger partial charge in [0.15, 0.2) is 0 Å². The highest BCUT2D eigenvalue weighted by molar-refractivity contribution is 6.06.